The maximum absolute atomic E-state index is 12.0. The minimum atomic E-state index is -0.620. The van der Waals surface area contributed by atoms with Gasteiger partial charge in [0.15, 0.2) is 11.5 Å². The number of methoxy groups -OCH3 is 1. The maximum atomic E-state index is 12.0. The summed E-state index contributed by atoms with van der Waals surface area (Å²) in [5, 5.41) is 2.19. The lowest BCUT2D eigenvalue weighted by Crippen LogP contribution is -2.30. The molecule has 1 amide bonds. The number of carbonyl (C=O) groups is 2. The summed E-state index contributed by atoms with van der Waals surface area (Å²) in [4.78, 5) is 33.8. The topological polar surface area (TPSA) is 77.4 Å². The molecule has 7 nitrogen and oxygen atoms in total. The lowest BCUT2D eigenvalue weighted by atomic mass is 10.1. The Bertz CT molecular complexity index is 995. The van der Waals surface area contributed by atoms with Gasteiger partial charge >= 0.3 is 6.09 Å². The molecule has 9 heteroatoms. The summed E-state index contributed by atoms with van der Waals surface area (Å²) in [5.41, 5.74) is 2.49. The number of ketones is 1. The van der Waals surface area contributed by atoms with Crippen LogP contribution in [-0.4, -0.2) is 37.7 Å². The number of aliphatic imine (C=N–C) groups is 1. The summed E-state index contributed by atoms with van der Waals surface area (Å²) in [5.74, 6) is 0.989. The number of rotatable bonds is 6. The van der Waals surface area contributed by atoms with Crippen molar-refractivity contribution in [3.05, 3.63) is 52.5 Å². The number of halogens is 1. The van der Waals surface area contributed by atoms with Gasteiger partial charge in [-0.3, -0.25) is 9.63 Å². The maximum Gasteiger partial charge on any atom is 0.438 e. The number of hydrogen-bond acceptors (Lipinski definition) is 7. The number of benzene rings is 2. The highest BCUT2D eigenvalue weighted by molar-refractivity contribution is 8.13. The molecule has 0 spiro atoms. The molecule has 1 aliphatic heterocycles. The van der Waals surface area contributed by atoms with Gasteiger partial charge in [0.1, 0.15) is 17.3 Å². The molecule has 2 aromatic rings. The van der Waals surface area contributed by atoms with Crippen LogP contribution >= 0.6 is 23.4 Å². The Kier molecular flexibility index (Phi) is 7.36. The number of para-hydroxylation sites is 1. The van der Waals surface area contributed by atoms with Gasteiger partial charge in [-0.15, -0.1) is 11.8 Å². The number of carbonyl (C=O) groups excluding carboxylic acids is 2. The average Bonchev–Trinajstić information content (AvgIpc) is 2.77. The van der Waals surface area contributed by atoms with Crippen LogP contribution in [0.25, 0.3) is 0 Å². The summed E-state index contributed by atoms with van der Waals surface area (Å²) < 4.78 is 10.5. The van der Waals surface area contributed by atoms with Crippen molar-refractivity contribution in [2.24, 2.45) is 4.99 Å². The van der Waals surface area contributed by atoms with Crippen molar-refractivity contribution in [1.82, 2.24) is 0 Å². The van der Waals surface area contributed by atoms with Crippen molar-refractivity contribution >= 4 is 51.7 Å². The van der Waals surface area contributed by atoms with Crippen molar-refractivity contribution in [2.45, 2.75) is 19.1 Å². The Hall–Kier alpha value is -2.55. The second-order valence-corrected chi connectivity index (χ2v) is 7.70. The minimum Gasteiger partial charge on any atom is -0.483 e. The highest BCUT2D eigenvalue weighted by Crippen LogP contribution is 2.40. The van der Waals surface area contributed by atoms with Crippen molar-refractivity contribution in [1.29, 1.82) is 0 Å². The number of hydrogen-bond donors (Lipinski definition) is 0. The van der Waals surface area contributed by atoms with E-state index >= 15 is 0 Å². The first-order valence-corrected chi connectivity index (χ1v) is 10.5. The Morgan fingerprint density at radius 2 is 2.03 bits per heavy atom. The van der Waals surface area contributed by atoms with E-state index in [1.54, 1.807) is 25.1 Å². The van der Waals surface area contributed by atoms with E-state index in [0.29, 0.717) is 39.9 Å². The van der Waals surface area contributed by atoms with Crippen molar-refractivity contribution < 1.29 is 23.9 Å². The fourth-order valence-electron chi connectivity index (χ4n) is 2.89. The van der Waals surface area contributed by atoms with Gasteiger partial charge < -0.3 is 9.47 Å². The Balaban J connectivity index is 1.82. The second kappa shape index (κ2) is 9.97. The molecule has 0 unspecified atom stereocenters. The van der Waals surface area contributed by atoms with Crippen LogP contribution < -0.4 is 9.80 Å². The van der Waals surface area contributed by atoms with E-state index in [4.69, 9.17) is 25.9 Å². The fraction of sp³-hybridized carbons (Fsp3) is 0.286. The van der Waals surface area contributed by atoms with Gasteiger partial charge in [-0.25, -0.2) is 9.79 Å². The van der Waals surface area contributed by atoms with Crippen molar-refractivity contribution in [3.63, 3.8) is 0 Å². The smallest absolute Gasteiger partial charge is 0.438 e. The van der Waals surface area contributed by atoms with E-state index in [9.17, 15) is 9.59 Å². The van der Waals surface area contributed by atoms with Gasteiger partial charge in [-0.2, -0.15) is 5.06 Å². The largest absolute Gasteiger partial charge is 0.483 e. The third kappa shape index (κ3) is 4.77. The lowest BCUT2D eigenvalue weighted by Gasteiger charge is -2.22. The summed E-state index contributed by atoms with van der Waals surface area (Å²) in [6.07, 6.45) is -0.237. The predicted octanol–water partition coefficient (Wildman–Crippen LogP) is 5.42. The molecule has 0 radical (unpaired) electrons. The molecule has 0 atom stereocenters. The summed E-state index contributed by atoms with van der Waals surface area (Å²) in [7, 11) is 2.69. The molecular formula is C21H21ClN2O5S. The first kappa shape index (κ1) is 22.1. The molecule has 0 aliphatic carbocycles. The third-order valence-corrected chi connectivity index (χ3v) is 5.66. The summed E-state index contributed by atoms with van der Waals surface area (Å²) in [6.45, 7) is 2.07. The number of anilines is 1. The SMILES string of the molecule is CCC(=O)c1cc(Cl)c2c(c1)N=C(SCc1ccccc1N(OC)C(=O)OC)CO2. The van der Waals surface area contributed by atoms with Gasteiger partial charge in [-0.05, 0) is 23.8 Å². The summed E-state index contributed by atoms with van der Waals surface area (Å²) >= 11 is 7.73. The normalized spacial score (nSPS) is 12.5. The molecule has 2 aromatic carbocycles. The van der Waals surface area contributed by atoms with Crippen LogP contribution in [-0.2, 0) is 15.3 Å². The lowest BCUT2D eigenvalue weighted by molar-refractivity contribution is 0.0988. The zero-order chi connectivity index (χ0) is 21.7. The third-order valence-electron chi connectivity index (χ3n) is 4.38. The molecule has 0 fully saturated rings. The Morgan fingerprint density at radius 3 is 2.73 bits per heavy atom. The van der Waals surface area contributed by atoms with E-state index in [0.717, 1.165) is 15.7 Å². The Labute approximate surface area is 183 Å². The predicted molar refractivity (Wildman–Crippen MR) is 118 cm³/mol. The molecule has 3 rings (SSSR count). The van der Waals surface area contributed by atoms with Crippen LogP contribution in [0.1, 0.15) is 29.3 Å². The number of hydroxylamine groups is 1. The van der Waals surface area contributed by atoms with Crippen molar-refractivity contribution in [3.8, 4) is 5.75 Å². The van der Waals surface area contributed by atoms with Crippen LogP contribution in [0.4, 0.5) is 16.2 Å². The van der Waals surface area contributed by atoms with Crippen molar-refractivity contribution in [2.75, 3.05) is 25.9 Å². The fourth-order valence-corrected chi connectivity index (χ4v) is 4.03. The quantitative estimate of drug-likeness (QED) is 0.433. The van der Waals surface area contributed by atoms with Crippen LogP contribution in [0.5, 0.6) is 5.75 Å². The number of Topliss-reactive ketones (excluding diaryl/α,β-unsaturated/α-hetero) is 1. The first-order valence-electron chi connectivity index (χ1n) is 9.18. The number of thioether (sulfide) groups is 1. The van der Waals surface area contributed by atoms with Crippen LogP contribution in [0.2, 0.25) is 5.02 Å². The number of nitrogens with zero attached hydrogens (tertiary/aromatic N) is 2. The average molecular weight is 449 g/mol. The van der Waals surface area contributed by atoms with Gasteiger partial charge in [0, 0.05) is 17.7 Å². The van der Waals surface area contributed by atoms with E-state index < -0.39 is 6.09 Å². The second-order valence-electron chi connectivity index (χ2n) is 6.24. The zero-order valence-electron chi connectivity index (χ0n) is 16.8. The molecular weight excluding hydrogens is 428 g/mol. The molecule has 158 valence electrons. The highest BCUT2D eigenvalue weighted by Gasteiger charge is 2.22. The molecule has 30 heavy (non-hydrogen) atoms. The molecule has 1 aliphatic rings. The number of amides is 1. The monoisotopic (exact) mass is 448 g/mol. The highest BCUT2D eigenvalue weighted by atomic mass is 35.5. The standard InChI is InChI=1S/C21H21ClN2O5S/c1-4-18(25)14-9-15(22)20-16(10-14)23-19(11-29-20)30-12-13-7-5-6-8-17(13)24(28-3)21(26)27-2/h5-10H,4,11-12H2,1-3H3. The molecule has 0 saturated carbocycles. The van der Waals surface area contributed by atoms with E-state index in [2.05, 4.69) is 4.99 Å². The molecule has 1 heterocycles. The summed E-state index contributed by atoms with van der Waals surface area (Å²) in [6, 6.07) is 10.7. The minimum absolute atomic E-state index is 0.00827. The number of fused-ring (bicyclic) bond motifs is 1. The van der Waals surface area contributed by atoms with Crippen LogP contribution in [0.15, 0.2) is 41.4 Å². The van der Waals surface area contributed by atoms with Crippen LogP contribution in [0.3, 0.4) is 0 Å². The van der Waals surface area contributed by atoms with Gasteiger partial charge in [-0.1, -0.05) is 36.7 Å². The number of ether oxygens (including phenoxy) is 2. The molecule has 0 N–H and O–H groups in total. The zero-order valence-corrected chi connectivity index (χ0v) is 18.4. The molecule has 0 saturated heterocycles. The van der Waals surface area contributed by atoms with Gasteiger partial charge in [0.2, 0.25) is 0 Å². The molecule has 0 aromatic heterocycles. The van der Waals surface area contributed by atoms with Gasteiger partial charge in [0.05, 0.1) is 24.9 Å². The van der Waals surface area contributed by atoms with Crippen LogP contribution in [0, 0.1) is 0 Å². The van der Waals surface area contributed by atoms with E-state index in [-0.39, 0.29) is 12.4 Å². The van der Waals surface area contributed by atoms with E-state index in [1.165, 1.54) is 26.0 Å². The first-order chi connectivity index (χ1) is 14.5. The van der Waals surface area contributed by atoms with E-state index in [1.807, 2.05) is 18.2 Å². The van der Waals surface area contributed by atoms with Gasteiger partial charge in [0.25, 0.3) is 0 Å². The Morgan fingerprint density at radius 1 is 1.27 bits per heavy atom. The molecule has 0 bridgehead atoms.